The van der Waals surface area contributed by atoms with Gasteiger partial charge in [0.15, 0.2) is 5.78 Å². The summed E-state index contributed by atoms with van der Waals surface area (Å²) in [6, 6.07) is 1.97. The van der Waals surface area contributed by atoms with E-state index in [0.717, 1.165) is 34.0 Å². The Morgan fingerprint density at radius 3 is 2.64 bits per heavy atom. The van der Waals surface area contributed by atoms with Crippen LogP contribution >= 0.6 is 27.3 Å². The van der Waals surface area contributed by atoms with Crippen LogP contribution in [0.25, 0.3) is 0 Å². The van der Waals surface area contributed by atoms with E-state index in [1.54, 1.807) is 11.3 Å². The van der Waals surface area contributed by atoms with Gasteiger partial charge < -0.3 is 0 Å². The van der Waals surface area contributed by atoms with Gasteiger partial charge in [-0.2, -0.15) is 0 Å². The molecule has 0 N–H and O–H groups in total. The van der Waals surface area contributed by atoms with Crippen molar-refractivity contribution >= 4 is 33.0 Å². The molecule has 0 aliphatic heterocycles. The number of rotatable bonds is 2. The average Bonchev–Trinajstić information content (AvgIpc) is 2.64. The summed E-state index contributed by atoms with van der Waals surface area (Å²) < 4.78 is 0.980. The van der Waals surface area contributed by atoms with E-state index in [4.69, 9.17) is 0 Å². The SMILES string of the molecule is O=C(c1sccc1Br)C1CC2CC2C1. The molecule has 2 saturated carbocycles. The van der Waals surface area contributed by atoms with Crippen LogP contribution in [-0.2, 0) is 0 Å². The smallest absolute Gasteiger partial charge is 0.177 e. The maximum atomic E-state index is 12.1. The van der Waals surface area contributed by atoms with Crippen molar-refractivity contribution in [2.24, 2.45) is 17.8 Å². The van der Waals surface area contributed by atoms with E-state index in [2.05, 4.69) is 15.9 Å². The first-order valence-electron chi connectivity index (χ1n) is 5.03. The molecule has 3 heteroatoms. The highest BCUT2D eigenvalue weighted by molar-refractivity contribution is 9.10. The highest BCUT2D eigenvalue weighted by Crippen LogP contribution is 2.55. The summed E-state index contributed by atoms with van der Waals surface area (Å²) in [6.07, 6.45) is 3.68. The quantitative estimate of drug-likeness (QED) is 0.749. The summed E-state index contributed by atoms with van der Waals surface area (Å²) >= 11 is 4.99. The Labute approximate surface area is 95.6 Å². The van der Waals surface area contributed by atoms with Crippen molar-refractivity contribution in [1.29, 1.82) is 0 Å². The number of ketones is 1. The lowest BCUT2D eigenvalue weighted by molar-refractivity contribution is 0.0918. The molecule has 74 valence electrons. The molecule has 2 aliphatic carbocycles. The lowest BCUT2D eigenvalue weighted by Gasteiger charge is -2.08. The highest BCUT2D eigenvalue weighted by atomic mass is 79.9. The number of carbonyl (C=O) groups is 1. The summed E-state index contributed by atoms with van der Waals surface area (Å²) in [4.78, 5) is 13.0. The summed E-state index contributed by atoms with van der Waals surface area (Å²) in [5.74, 6) is 2.48. The number of fused-ring (bicyclic) bond motifs is 1. The van der Waals surface area contributed by atoms with Crippen LogP contribution in [-0.4, -0.2) is 5.78 Å². The van der Waals surface area contributed by atoms with Gasteiger partial charge in [-0.05, 0) is 58.5 Å². The van der Waals surface area contributed by atoms with E-state index in [-0.39, 0.29) is 0 Å². The van der Waals surface area contributed by atoms with Crippen molar-refractivity contribution < 1.29 is 4.79 Å². The molecule has 0 radical (unpaired) electrons. The zero-order chi connectivity index (χ0) is 9.71. The minimum absolute atomic E-state index is 0.327. The third-order valence-electron chi connectivity index (χ3n) is 3.46. The number of thiophene rings is 1. The molecule has 1 aromatic heterocycles. The van der Waals surface area contributed by atoms with Crippen LogP contribution < -0.4 is 0 Å². The van der Waals surface area contributed by atoms with Crippen LogP contribution in [0.2, 0.25) is 0 Å². The van der Waals surface area contributed by atoms with Crippen molar-refractivity contribution in [1.82, 2.24) is 0 Å². The van der Waals surface area contributed by atoms with Crippen molar-refractivity contribution in [2.45, 2.75) is 19.3 Å². The number of Topliss-reactive ketones (excluding diaryl/α,β-unsaturated/α-hetero) is 1. The van der Waals surface area contributed by atoms with Crippen LogP contribution in [0.4, 0.5) is 0 Å². The minimum atomic E-state index is 0.327. The topological polar surface area (TPSA) is 17.1 Å². The van der Waals surface area contributed by atoms with Crippen LogP contribution in [0.1, 0.15) is 28.9 Å². The fourth-order valence-electron chi connectivity index (χ4n) is 2.58. The lowest BCUT2D eigenvalue weighted by atomic mass is 9.97. The zero-order valence-electron chi connectivity index (χ0n) is 7.70. The third kappa shape index (κ3) is 1.38. The lowest BCUT2D eigenvalue weighted by Crippen LogP contribution is -2.11. The molecular weight excluding hydrogens is 260 g/mol. The maximum Gasteiger partial charge on any atom is 0.177 e. The molecule has 1 heterocycles. The summed E-state index contributed by atoms with van der Waals surface area (Å²) in [5, 5.41) is 1.98. The Kier molecular flexibility index (Phi) is 2.06. The van der Waals surface area contributed by atoms with Crippen LogP contribution in [0.15, 0.2) is 15.9 Å². The van der Waals surface area contributed by atoms with Crippen molar-refractivity contribution in [3.8, 4) is 0 Å². The van der Waals surface area contributed by atoms with E-state index in [9.17, 15) is 4.79 Å². The van der Waals surface area contributed by atoms with E-state index in [1.807, 2.05) is 11.4 Å². The fraction of sp³-hybridized carbons (Fsp3) is 0.545. The van der Waals surface area contributed by atoms with E-state index in [0.29, 0.717) is 11.7 Å². The average molecular weight is 271 g/mol. The molecule has 2 unspecified atom stereocenters. The normalized spacial score (nSPS) is 34.2. The Balaban J connectivity index is 1.79. The first-order valence-corrected chi connectivity index (χ1v) is 6.70. The predicted octanol–water partition coefficient (Wildman–Crippen LogP) is 3.74. The van der Waals surface area contributed by atoms with Gasteiger partial charge in [-0.15, -0.1) is 11.3 Å². The van der Waals surface area contributed by atoms with Crippen LogP contribution in [0, 0.1) is 17.8 Å². The first-order chi connectivity index (χ1) is 6.75. The molecule has 2 fully saturated rings. The Bertz CT molecular complexity index is 374. The second kappa shape index (κ2) is 3.17. The summed E-state index contributed by atoms with van der Waals surface area (Å²) in [5.41, 5.74) is 0. The monoisotopic (exact) mass is 270 g/mol. The molecule has 0 saturated heterocycles. The Hall–Kier alpha value is -0.150. The molecule has 3 rings (SSSR count). The molecule has 0 amide bonds. The van der Waals surface area contributed by atoms with Gasteiger partial charge in [0.2, 0.25) is 0 Å². The zero-order valence-corrected chi connectivity index (χ0v) is 10.1. The molecule has 0 spiro atoms. The number of halogens is 1. The summed E-state index contributed by atoms with van der Waals surface area (Å²) in [6.45, 7) is 0. The van der Waals surface area contributed by atoms with Crippen molar-refractivity contribution in [3.63, 3.8) is 0 Å². The second-order valence-electron chi connectivity index (χ2n) is 4.39. The molecule has 14 heavy (non-hydrogen) atoms. The van der Waals surface area contributed by atoms with Crippen molar-refractivity contribution in [2.75, 3.05) is 0 Å². The summed E-state index contributed by atoms with van der Waals surface area (Å²) in [7, 11) is 0. The number of carbonyl (C=O) groups excluding carboxylic acids is 1. The van der Waals surface area contributed by atoms with Gasteiger partial charge in [-0.3, -0.25) is 4.79 Å². The number of hydrogen-bond donors (Lipinski definition) is 0. The van der Waals surface area contributed by atoms with Crippen molar-refractivity contribution in [3.05, 3.63) is 20.8 Å². The molecule has 0 bridgehead atoms. The minimum Gasteiger partial charge on any atom is -0.293 e. The van der Waals surface area contributed by atoms with E-state index in [1.165, 1.54) is 6.42 Å². The van der Waals surface area contributed by atoms with E-state index < -0.39 is 0 Å². The molecule has 0 aromatic carbocycles. The van der Waals surface area contributed by atoms with Gasteiger partial charge in [-0.1, -0.05) is 0 Å². The van der Waals surface area contributed by atoms with Gasteiger partial charge in [-0.25, -0.2) is 0 Å². The van der Waals surface area contributed by atoms with E-state index >= 15 is 0 Å². The van der Waals surface area contributed by atoms with Crippen LogP contribution in [0.3, 0.4) is 0 Å². The molecule has 2 aliphatic rings. The highest BCUT2D eigenvalue weighted by Gasteiger charge is 2.48. The van der Waals surface area contributed by atoms with Gasteiger partial charge >= 0.3 is 0 Å². The predicted molar refractivity (Wildman–Crippen MR) is 60.7 cm³/mol. The van der Waals surface area contributed by atoms with Gasteiger partial charge in [0.05, 0.1) is 4.88 Å². The third-order valence-corrected chi connectivity index (χ3v) is 5.31. The molecular formula is C11H11BrOS. The molecule has 2 atom stereocenters. The largest absolute Gasteiger partial charge is 0.293 e. The molecule has 1 aromatic rings. The standard InChI is InChI=1S/C11H11BrOS/c12-9-1-2-14-11(9)10(13)8-4-6-3-7(6)5-8/h1-2,6-8H,3-5H2. The van der Waals surface area contributed by atoms with Gasteiger partial charge in [0.25, 0.3) is 0 Å². The van der Waals surface area contributed by atoms with Gasteiger partial charge in [0, 0.05) is 10.4 Å². The number of hydrogen-bond acceptors (Lipinski definition) is 2. The fourth-order valence-corrected chi connectivity index (χ4v) is 4.17. The first kappa shape index (κ1) is 9.10. The maximum absolute atomic E-state index is 12.1. The second-order valence-corrected chi connectivity index (χ2v) is 6.16. The molecule has 1 nitrogen and oxygen atoms in total. The Morgan fingerprint density at radius 2 is 2.07 bits per heavy atom. The van der Waals surface area contributed by atoms with Crippen LogP contribution in [0.5, 0.6) is 0 Å². The van der Waals surface area contributed by atoms with Gasteiger partial charge in [0.1, 0.15) is 0 Å². The Morgan fingerprint density at radius 1 is 1.36 bits per heavy atom.